The summed E-state index contributed by atoms with van der Waals surface area (Å²) in [7, 11) is 0. The number of halogens is 1. The molecule has 138 valence electrons. The number of nitrogen functional groups attached to an aromatic ring is 1. The number of hydrogen-bond acceptors (Lipinski definition) is 3. The molecule has 0 fully saturated rings. The largest absolute Gasteiger partial charge is 0.399 e. The van der Waals surface area contributed by atoms with Crippen LogP contribution in [0.15, 0.2) is 53.6 Å². The number of aromatic nitrogens is 1. The number of fused-ring (bicyclic) bond motifs is 2. The third-order valence-corrected chi connectivity index (χ3v) is 6.93. The van der Waals surface area contributed by atoms with Gasteiger partial charge in [0.25, 0.3) is 0 Å². The monoisotopic (exact) mass is 379 g/mol. The van der Waals surface area contributed by atoms with Crippen LogP contribution in [-0.4, -0.2) is 35.3 Å². The van der Waals surface area contributed by atoms with Gasteiger partial charge in [-0.25, -0.2) is 4.39 Å². The van der Waals surface area contributed by atoms with Crippen molar-refractivity contribution < 1.29 is 4.39 Å². The lowest BCUT2D eigenvalue weighted by Crippen LogP contribution is -2.32. The van der Waals surface area contributed by atoms with Crippen LogP contribution in [0, 0.1) is 5.82 Å². The lowest BCUT2D eigenvalue weighted by Gasteiger charge is -2.29. The molecule has 0 bridgehead atoms. The van der Waals surface area contributed by atoms with Gasteiger partial charge in [-0.15, -0.1) is 11.8 Å². The minimum atomic E-state index is -0.182. The van der Waals surface area contributed by atoms with E-state index in [1.165, 1.54) is 22.1 Å². The van der Waals surface area contributed by atoms with Crippen LogP contribution in [0.25, 0.3) is 16.5 Å². The fourth-order valence-corrected chi connectivity index (χ4v) is 5.46. The van der Waals surface area contributed by atoms with Gasteiger partial charge in [0.05, 0.1) is 0 Å². The molecule has 2 aromatic carbocycles. The Morgan fingerprint density at radius 2 is 2.15 bits per heavy atom. The normalized spacial score (nSPS) is 20.0. The average molecular weight is 380 g/mol. The lowest BCUT2D eigenvalue weighted by molar-refractivity contribution is 0.288. The van der Waals surface area contributed by atoms with E-state index >= 15 is 0 Å². The summed E-state index contributed by atoms with van der Waals surface area (Å²) in [6.45, 7) is 3.04. The number of hydrogen-bond donors (Lipinski definition) is 2. The molecule has 3 N–H and O–H groups in total. The Hall–Kier alpha value is -2.24. The van der Waals surface area contributed by atoms with E-state index in [-0.39, 0.29) is 5.82 Å². The number of nitrogens with two attached hydrogens (primary N) is 1. The predicted octanol–water partition coefficient (Wildman–Crippen LogP) is 4.87. The zero-order chi connectivity index (χ0) is 18.4. The molecule has 2 aliphatic rings. The summed E-state index contributed by atoms with van der Waals surface area (Å²) in [5.41, 5.74) is 11.7. The molecule has 27 heavy (non-hydrogen) atoms. The summed E-state index contributed by atoms with van der Waals surface area (Å²) in [4.78, 5) is 7.16. The number of anilines is 1. The zero-order valence-corrected chi connectivity index (χ0v) is 15.9. The fraction of sp³-hybridized carbons (Fsp3) is 0.273. The first-order valence-corrected chi connectivity index (χ1v) is 10.4. The van der Waals surface area contributed by atoms with Gasteiger partial charge < -0.3 is 10.7 Å². The summed E-state index contributed by atoms with van der Waals surface area (Å²) < 4.78 is 13.6. The molecular weight excluding hydrogens is 357 g/mol. The molecule has 0 aliphatic carbocycles. The number of rotatable bonds is 3. The second kappa shape index (κ2) is 6.73. The molecule has 0 saturated heterocycles. The zero-order valence-electron chi connectivity index (χ0n) is 15.0. The molecule has 3 aromatic rings. The van der Waals surface area contributed by atoms with Gasteiger partial charge in [-0.1, -0.05) is 6.08 Å². The van der Waals surface area contributed by atoms with Crippen molar-refractivity contribution in [1.82, 2.24) is 9.88 Å². The van der Waals surface area contributed by atoms with Crippen LogP contribution < -0.4 is 5.73 Å². The van der Waals surface area contributed by atoms with Crippen molar-refractivity contribution in [2.45, 2.75) is 17.2 Å². The lowest BCUT2D eigenvalue weighted by atomic mass is 9.96. The smallest absolute Gasteiger partial charge is 0.123 e. The molecule has 0 radical (unpaired) electrons. The quantitative estimate of drug-likeness (QED) is 0.638. The molecule has 0 amide bonds. The van der Waals surface area contributed by atoms with Crippen molar-refractivity contribution in [2.75, 3.05) is 31.1 Å². The Labute approximate surface area is 162 Å². The van der Waals surface area contributed by atoms with E-state index in [2.05, 4.69) is 28.1 Å². The third kappa shape index (κ3) is 3.15. The summed E-state index contributed by atoms with van der Waals surface area (Å²) in [6, 6.07) is 11.2. The molecule has 5 rings (SSSR count). The van der Waals surface area contributed by atoms with Crippen LogP contribution in [-0.2, 0) is 0 Å². The minimum absolute atomic E-state index is 0.182. The van der Waals surface area contributed by atoms with Gasteiger partial charge in [-0.05, 0) is 54.0 Å². The van der Waals surface area contributed by atoms with Crippen LogP contribution in [0.3, 0.4) is 0 Å². The Kier molecular flexibility index (Phi) is 4.21. The summed E-state index contributed by atoms with van der Waals surface area (Å²) in [6.07, 6.45) is 5.31. The molecule has 5 heteroatoms. The van der Waals surface area contributed by atoms with Gasteiger partial charge in [0.1, 0.15) is 5.82 Å². The first-order valence-electron chi connectivity index (χ1n) is 9.38. The standard InChI is InChI=1S/C22H22FN3S/c23-16-1-3-21-19(9-16)20(11-25-21)14-5-7-26(8-6-14)12-15-13-27-22-4-2-17(24)10-18(15)22/h1-5,9-11,15,25H,6-8,12-13,24H2. The fourth-order valence-electron chi connectivity index (χ4n) is 4.24. The highest BCUT2D eigenvalue weighted by Crippen LogP contribution is 2.41. The first kappa shape index (κ1) is 16.9. The summed E-state index contributed by atoms with van der Waals surface area (Å²) in [5.74, 6) is 1.50. The SMILES string of the molecule is Nc1ccc2c(c1)C(CN1CC=C(c3c[nH]c4ccc(F)cc34)CC1)CS2. The minimum Gasteiger partial charge on any atom is -0.399 e. The van der Waals surface area contributed by atoms with E-state index in [1.54, 1.807) is 6.07 Å². The van der Waals surface area contributed by atoms with E-state index in [0.717, 1.165) is 54.0 Å². The molecule has 3 heterocycles. The van der Waals surface area contributed by atoms with E-state index in [1.807, 2.05) is 30.1 Å². The van der Waals surface area contributed by atoms with Crippen LogP contribution in [0.4, 0.5) is 10.1 Å². The van der Waals surface area contributed by atoms with Crippen LogP contribution >= 0.6 is 11.8 Å². The van der Waals surface area contributed by atoms with Gasteiger partial charge in [0, 0.05) is 64.6 Å². The van der Waals surface area contributed by atoms with Crippen molar-refractivity contribution in [1.29, 1.82) is 0 Å². The van der Waals surface area contributed by atoms with E-state index < -0.39 is 0 Å². The van der Waals surface area contributed by atoms with Gasteiger partial charge in [-0.2, -0.15) is 0 Å². The molecular formula is C22H22FN3S. The first-order chi connectivity index (χ1) is 13.2. The number of thioether (sulfide) groups is 1. The van der Waals surface area contributed by atoms with Crippen LogP contribution in [0.2, 0.25) is 0 Å². The van der Waals surface area contributed by atoms with E-state index in [9.17, 15) is 4.39 Å². The molecule has 2 aliphatic heterocycles. The molecule has 0 saturated carbocycles. The van der Waals surface area contributed by atoms with Crippen molar-refractivity contribution in [2.24, 2.45) is 0 Å². The number of nitrogens with zero attached hydrogens (tertiary/aromatic N) is 1. The van der Waals surface area contributed by atoms with Crippen molar-refractivity contribution >= 4 is 33.9 Å². The molecule has 3 nitrogen and oxygen atoms in total. The maximum absolute atomic E-state index is 13.6. The van der Waals surface area contributed by atoms with E-state index in [4.69, 9.17) is 5.73 Å². The second-order valence-corrected chi connectivity index (χ2v) is 8.50. The van der Waals surface area contributed by atoms with E-state index in [0.29, 0.717) is 5.92 Å². The molecule has 0 spiro atoms. The number of aromatic amines is 1. The predicted molar refractivity (Wildman–Crippen MR) is 112 cm³/mol. The number of nitrogens with one attached hydrogen (secondary N) is 1. The average Bonchev–Trinajstić information content (AvgIpc) is 3.26. The Balaban J connectivity index is 1.32. The topological polar surface area (TPSA) is 45.0 Å². The third-order valence-electron chi connectivity index (χ3n) is 5.68. The van der Waals surface area contributed by atoms with Crippen molar-refractivity contribution in [3.05, 3.63) is 65.6 Å². The van der Waals surface area contributed by atoms with Crippen molar-refractivity contribution in [3.63, 3.8) is 0 Å². The highest BCUT2D eigenvalue weighted by Gasteiger charge is 2.26. The molecule has 1 unspecified atom stereocenters. The van der Waals surface area contributed by atoms with Gasteiger partial charge in [0.15, 0.2) is 0 Å². The maximum Gasteiger partial charge on any atom is 0.123 e. The molecule has 1 aromatic heterocycles. The molecule has 1 atom stereocenters. The second-order valence-electron chi connectivity index (χ2n) is 7.44. The summed E-state index contributed by atoms with van der Waals surface area (Å²) in [5, 5.41) is 0.978. The Bertz CT molecular complexity index is 1040. The van der Waals surface area contributed by atoms with Crippen LogP contribution in [0.5, 0.6) is 0 Å². The Morgan fingerprint density at radius 3 is 3.00 bits per heavy atom. The number of benzene rings is 2. The Morgan fingerprint density at radius 1 is 1.22 bits per heavy atom. The highest BCUT2D eigenvalue weighted by atomic mass is 32.2. The van der Waals surface area contributed by atoms with Crippen LogP contribution in [0.1, 0.15) is 23.5 Å². The van der Waals surface area contributed by atoms with Crippen molar-refractivity contribution in [3.8, 4) is 0 Å². The highest BCUT2D eigenvalue weighted by molar-refractivity contribution is 7.99. The number of H-pyrrole nitrogens is 1. The maximum atomic E-state index is 13.6. The van der Waals surface area contributed by atoms with Gasteiger partial charge >= 0.3 is 0 Å². The van der Waals surface area contributed by atoms with Gasteiger partial charge in [0.2, 0.25) is 0 Å². The summed E-state index contributed by atoms with van der Waals surface area (Å²) >= 11 is 1.94. The van der Waals surface area contributed by atoms with Gasteiger partial charge in [-0.3, -0.25) is 4.90 Å².